The van der Waals surface area contributed by atoms with Gasteiger partial charge in [-0.1, -0.05) is 11.6 Å². The van der Waals surface area contributed by atoms with Crippen LogP contribution in [0, 0.1) is 6.92 Å². The summed E-state index contributed by atoms with van der Waals surface area (Å²) in [5.74, 6) is 1.02. The molecule has 0 aliphatic rings. The van der Waals surface area contributed by atoms with E-state index in [0.29, 0.717) is 6.54 Å². The predicted octanol–water partition coefficient (Wildman–Crippen LogP) is 2.11. The molecule has 0 saturated carbocycles. The Balaban J connectivity index is 2.63. The van der Waals surface area contributed by atoms with Gasteiger partial charge in [0, 0.05) is 19.5 Å². The molecule has 3 heteroatoms. The van der Waals surface area contributed by atoms with E-state index in [1.165, 1.54) is 16.5 Å². The molecule has 1 aromatic heterocycles. The number of pyridine rings is 1. The normalized spacial score (nSPS) is 10.8. The monoisotopic (exact) mass is 229 g/mol. The van der Waals surface area contributed by atoms with Gasteiger partial charge in [0.2, 0.25) is 0 Å². The molecule has 17 heavy (non-hydrogen) atoms. The van der Waals surface area contributed by atoms with Crippen LogP contribution in [-0.4, -0.2) is 25.6 Å². The molecule has 0 atom stereocenters. The van der Waals surface area contributed by atoms with Gasteiger partial charge in [0.05, 0.1) is 5.52 Å². The fourth-order valence-electron chi connectivity index (χ4n) is 2.06. The molecule has 0 aliphatic heterocycles. The number of nitrogens with two attached hydrogens (primary N) is 1. The number of benzene rings is 1. The Hall–Kier alpha value is -1.61. The SMILES string of the molecule is Cc1ccc2nc(N(C)C)c(CCN)cc2c1. The van der Waals surface area contributed by atoms with E-state index in [0.717, 1.165) is 17.8 Å². The van der Waals surface area contributed by atoms with E-state index in [1.54, 1.807) is 0 Å². The maximum Gasteiger partial charge on any atom is 0.132 e. The molecule has 0 spiro atoms. The van der Waals surface area contributed by atoms with Crippen LogP contribution in [0.2, 0.25) is 0 Å². The average molecular weight is 229 g/mol. The van der Waals surface area contributed by atoms with Gasteiger partial charge in [-0.25, -0.2) is 4.98 Å². The summed E-state index contributed by atoms with van der Waals surface area (Å²) in [6.07, 6.45) is 0.865. The topological polar surface area (TPSA) is 42.2 Å². The van der Waals surface area contributed by atoms with Crippen molar-refractivity contribution in [3.8, 4) is 0 Å². The molecule has 2 rings (SSSR count). The minimum absolute atomic E-state index is 0.653. The molecule has 0 aliphatic carbocycles. The summed E-state index contributed by atoms with van der Waals surface area (Å²) in [6.45, 7) is 2.75. The maximum atomic E-state index is 5.66. The van der Waals surface area contributed by atoms with E-state index in [-0.39, 0.29) is 0 Å². The summed E-state index contributed by atoms with van der Waals surface area (Å²) in [7, 11) is 4.03. The Labute approximate surface area is 102 Å². The molecule has 0 unspecified atom stereocenters. The largest absolute Gasteiger partial charge is 0.362 e. The summed E-state index contributed by atoms with van der Waals surface area (Å²) in [6, 6.07) is 8.54. The van der Waals surface area contributed by atoms with Gasteiger partial charge in [0.15, 0.2) is 0 Å². The Morgan fingerprint density at radius 3 is 2.65 bits per heavy atom. The van der Waals surface area contributed by atoms with Gasteiger partial charge in [-0.3, -0.25) is 0 Å². The van der Waals surface area contributed by atoms with Crippen molar-refractivity contribution in [2.75, 3.05) is 25.5 Å². The summed E-state index contributed by atoms with van der Waals surface area (Å²) in [4.78, 5) is 6.75. The van der Waals surface area contributed by atoms with Crippen molar-refractivity contribution in [2.24, 2.45) is 5.73 Å². The van der Waals surface area contributed by atoms with Gasteiger partial charge >= 0.3 is 0 Å². The number of hydrogen-bond donors (Lipinski definition) is 1. The van der Waals surface area contributed by atoms with Gasteiger partial charge in [-0.05, 0) is 43.7 Å². The molecule has 1 aromatic carbocycles. The number of rotatable bonds is 3. The molecule has 0 bridgehead atoms. The quantitative estimate of drug-likeness (QED) is 0.876. The van der Waals surface area contributed by atoms with Gasteiger partial charge in [-0.15, -0.1) is 0 Å². The number of hydrogen-bond acceptors (Lipinski definition) is 3. The van der Waals surface area contributed by atoms with Crippen molar-refractivity contribution >= 4 is 16.7 Å². The molecule has 2 N–H and O–H groups in total. The number of aromatic nitrogens is 1. The Kier molecular flexibility index (Phi) is 3.29. The molecule has 0 fully saturated rings. The second kappa shape index (κ2) is 4.72. The van der Waals surface area contributed by atoms with Crippen LogP contribution < -0.4 is 10.6 Å². The van der Waals surface area contributed by atoms with E-state index < -0.39 is 0 Å². The lowest BCUT2D eigenvalue weighted by Crippen LogP contribution is -2.15. The number of fused-ring (bicyclic) bond motifs is 1. The van der Waals surface area contributed by atoms with Crippen molar-refractivity contribution < 1.29 is 0 Å². The second-order valence-corrected chi connectivity index (χ2v) is 4.60. The van der Waals surface area contributed by atoms with Crippen LogP contribution in [0.3, 0.4) is 0 Å². The van der Waals surface area contributed by atoms with Crippen LogP contribution in [0.15, 0.2) is 24.3 Å². The summed E-state index contributed by atoms with van der Waals surface area (Å²) in [5.41, 5.74) is 9.18. The Morgan fingerprint density at radius 1 is 1.24 bits per heavy atom. The smallest absolute Gasteiger partial charge is 0.132 e. The first-order chi connectivity index (χ1) is 8.11. The summed E-state index contributed by atoms with van der Waals surface area (Å²) < 4.78 is 0. The molecule has 0 amide bonds. The minimum atomic E-state index is 0.653. The van der Waals surface area contributed by atoms with Gasteiger partial charge in [0.25, 0.3) is 0 Å². The van der Waals surface area contributed by atoms with Crippen molar-refractivity contribution in [3.63, 3.8) is 0 Å². The zero-order valence-corrected chi connectivity index (χ0v) is 10.7. The molecule has 0 saturated heterocycles. The first-order valence-corrected chi connectivity index (χ1v) is 5.89. The third-order valence-electron chi connectivity index (χ3n) is 2.86. The lowest BCUT2D eigenvalue weighted by atomic mass is 10.1. The zero-order chi connectivity index (χ0) is 12.4. The maximum absolute atomic E-state index is 5.66. The van der Waals surface area contributed by atoms with E-state index >= 15 is 0 Å². The second-order valence-electron chi connectivity index (χ2n) is 4.60. The van der Waals surface area contributed by atoms with E-state index in [4.69, 9.17) is 10.7 Å². The Bertz CT molecular complexity index is 532. The van der Waals surface area contributed by atoms with Crippen molar-refractivity contribution in [3.05, 3.63) is 35.4 Å². The van der Waals surface area contributed by atoms with Crippen LogP contribution in [0.5, 0.6) is 0 Å². The third kappa shape index (κ3) is 2.39. The van der Waals surface area contributed by atoms with Gasteiger partial charge in [0.1, 0.15) is 5.82 Å². The number of nitrogens with zero attached hydrogens (tertiary/aromatic N) is 2. The van der Waals surface area contributed by atoms with Crippen LogP contribution >= 0.6 is 0 Å². The molecular weight excluding hydrogens is 210 g/mol. The first kappa shape index (κ1) is 11.9. The van der Waals surface area contributed by atoms with Gasteiger partial charge < -0.3 is 10.6 Å². The highest BCUT2D eigenvalue weighted by atomic mass is 15.1. The van der Waals surface area contributed by atoms with Crippen LogP contribution in [0.25, 0.3) is 10.9 Å². The molecule has 0 radical (unpaired) electrons. The standard InChI is InChI=1S/C14H19N3/c1-10-4-5-13-12(8-10)9-11(6-7-15)14(16-13)17(2)3/h4-5,8-9H,6-7,15H2,1-3H3. The van der Waals surface area contributed by atoms with Crippen LogP contribution in [0.4, 0.5) is 5.82 Å². The fraction of sp³-hybridized carbons (Fsp3) is 0.357. The zero-order valence-electron chi connectivity index (χ0n) is 10.7. The van der Waals surface area contributed by atoms with Gasteiger partial charge in [-0.2, -0.15) is 0 Å². The highest BCUT2D eigenvalue weighted by Gasteiger charge is 2.08. The highest BCUT2D eigenvalue weighted by Crippen LogP contribution is 2.23. The van der Waals surface area contributed by atoms with Crippen LogP contribution in [0.1, 0.15) is 11.1 Å². The van der Waals surface area contributed by atoms with Crippen molar-refractivity contribution in [2.45, 2.75) is 13.3 Å². The van der Waals surface area contributed by atoms with Crippen LogP contribution in [-0.2, 0) is 6.42 Å². The summed E-state index contributed by atoms with van der Waals surface area (Å²) in [5, 5.41) is 1.19. The molecule has 2 aromatic rings. The highest BCUT2D eigenvalue weighted by molar-refractivity contribution is 5.82. The average Bonchev–Trinajstić information content (AvgIpc) is 2.28. The number of aryl methyl sites for hydroxylation is 1. The molecule has 3 nitrogen and oxygen atoms in total. The lowest BCUT2D eigenvalue weighted by molar-refractivity contribution is 0.942. The Morgan fingerprint density at radius 2 is 2.00 bits per heavy atom. The first-order valence-electron chi connectivity index (χ1n) is 5.89. The van der Waals surface area contributed by atoms with Crippen molar-refractivity contribution in [1.29, 1.82) is 0 Å². The molecule has 90 valence electrons. The molecule has 1 heterocycles. The number of anilines is 1. The predicted molar refractivity (Wildman–Crippen MR) is 73.6 cm³/mol. The van der Waals surface area contributed by atoms with E-state index in [9.17, 15) is 0 Å². The fourth-order valence-corrected chi connectivity index (χ4v) is 2.06. The lowest BCUT2D eigenvalue weighted by Gasteiger charge is -2.17. The van der Waals surface area contributed by atoms with E-state index in [2.05, 4.69) is 31.2 Å². The van der Waals surface area contributed by atoms with Crippen molar-refractivity contribution in [1.82, 2.24) is 4.98 Å². The van der Waals surface area contributed by atoms with E-state index in [1.807, 2.05) is 19.0 Å². The third-order valence-corrected chi connectivity index (χ3v) is 2.86. The molecular formula is C14H19N3. The minimum Gasteiger partial charge on any atom is -0.362 e. The summed E-state index contributed by atoms with van der Waals surface area (Å²) >= 11 is 0.